The van der Waals surface area contributed by atoms with Crippen LogP contribution in [0.4, 0.5) is 52.7 Å². The van der Waals surface area contributed by atoms with E-state index < -0.39 is 64.2 Å². The Balaban J connectivity index is 4.03. The van der Waals surface area contributed by atoms with Crippen molar-refractivity contribution < 1.29 is 52.7 Å². The number of nitrogens with zero attached hydrogens (tertiary/aromatic N) is 3. The summed E-state index contributed by atoms with van der Waals surface area (Å²) >= 11 is 1.00. The second kappa shape index (κ2) is 9.60. The maximum absolute atomic E-state index is 14.1. The minimum atomic E-state index is -5.08. The molecule has 0 aliphatic rings. The summed E-state index contributed by atoms with van der Waals surface area (Å²) in [6.07, 6.45) is -9.22. The summed E-state index contributed by atoms with van der Waals surface area (Å²) in [5, 5.41) is 0. The predicted octanol–water partition coefficient (Wildman–Crippen LogP) is 7.78. The van der Waals surface area contributed by atoms with Gasteiger partial charge >= 0.3 is 17.8 Å². The monoisotopic (exact) mass is 795 g/mol. The zero-order chi connectivity index (χ0) is 23.8. The van der Waals surface area contributed by atoms with Crippen LogP contribution in [0.3, 0.4) is 0 Å². The van der Waals surface area contributed by atoms with E-state index in [1.54, 1.807) is 0 Å². The van der Waals surface area contributed by atoms with Crippen LogP contribution < -0.4 is 0 Å². The smallest absolute Gasteiger partial charge is 0.205 e. The molecule has 30 heavy (non-hydrogen) atoms. The largest absolute Gasteiger partial charge is 0.342 e. The Hall–Kier alpha value is -0.420. The average Bonchev–Trinajstić information content (AvgIpc) is 2.64. The van der Waals surface area contributed by atoms with Gasteiger partial charge in [0.05, 0.1) is 0 Å². The van der Waals surface area contributed by atoms with E-state index in [-0.39, 0.29) is 0 Å². The molecule has 0 atom stereocenters. The lowest BCUT2D eigenvalue weighted by molar-refractivity contribution is 0.00851. The first-order valence-electron chi connectivity index (χ1n) is 6.43. The quantitative estimate of drug-likeness (QED) is 0.218. The van der Waals surface area contributed by atoms with Gasteiger partial charge in [-0.1, -0.05) is 0 Å². The average molecular weight is 795 g/mol. The van der Waals surface area contributed by atoms with E-state index in [0.29, 0.717) is 67.8 Å². The molecule has 0 aliphatic carbocycles. The first-order chi connectivity index (χ1) is 13.4. The fraction of sp³-hybridized carbons (Fsp3) is 0.250. The summed E-state index contributed by atoms with van der Waals surface area (Å²) in [5.41, 5.74) is 0. The molecule has 18 heteroatoms. The summed E-state index contributed by atoms with van der Waals surface area (Å²) in [5.74, 6) is -22.5. The van der Waals surface area contributed by atoms with Crippen LogP contribution >= 0.6 is 67.8 Å². The highest BCUT2D eigenvalue weighted by Gasteiger charge is 2.50. The molecule has 0 radical (unpaired) electrons. The molecular weight excluding hydrogens is 795 g/mol. The standard InChI is InChI=1S/C12F12I3N3/c13-4(14)1(25)10(19,20)7-28-8(11(21,22)2(26)5(15)16)30-9(29-7)12(23,24)3(27)6(17)18. The zero-order valence-corrected chi connectivity index (χ0v) is 19.5. The molecule has 0 amide bonds. The number of hydrogen-bond acceptors (Lipinski definition) is 3. The van der Waals surface area contributed by atoms with E-state index in [1.807, 2.05) is 0 Å². The molecular formula is C12F12I3N3. The third-order valence-electron chi connectivity index (χ3n) is 2.80. The molecule has 0 aliphatic heterocycles. The molecule has 1 rings (SSSR count). The van der Waals surface area contributed by atoms with Crippen LogP contribution in [0.5, 0.6) is 0 Å². The molecule has 0 aromatic carbocycles. The fourth-order valence-corrected chi connectivity index (χ4v) is 2.17. The fourth-order valence-electron chi connectivity index (χ4n) is 1.45. The number of hydrogen-bond donors (Lipinski definition) is 0. The summed E-state index contributed by atoms with van der Waals surface area (Å²) in [6.45, 7) is 0. The van der Waals surface area contributed by atoms with Gasteiger partial charge in [-0.05, 0) is 67.8 Å². The third kappa shape index (κ3) is 5.49. The first kappa shape index (κ1) is 27.6. The molecule has 1 aromatic rings. The molecule has 1 heterocycles. The number of rotatable bonds is 6. The number of allylic oxidation sites excluding steroid dienone is 3. The van der Waals surface area contributed by atoms with Gasteiger partial charge in [0, 0.05) is 0 Å². The second-order valence-corrected chi connectivity index (χ2v) is 7.99. The molecule has 0 saturated carbocycles. The van der Waals surface area contributed by atoms with Crippen LogP contribution in [0.15, 0.2) is 29.0 Å². The van der Waals surface area contributed by atoms with Crippen LogP contribution in [0, 0.1) is 0 Å². The molecule has 1 aromatic heterocycles. The summed E-state index contributed by atoms with van der Waals surface area (Å²) in [6, 6.07) is 0. The van der Waals surface area contributed by atoms with E-state index in [0.717, 1.165) is 0 Å². The summed E-state index contributed by atoms with van der Waals surface area (Å²) in [4.78, 5) is 7.19. The molecule has 0 unspecified atom stereocenters. The Labute approximate surface area is 198 Å². The normalized spacial score (nSPS) is 12.5. The Morgan fingerprint density at radius 3 is 0.767 bits per heavy atom. The Morgan fingerprint density at radius 2 is 0.633 bits per heavy atom. The van der Waals surface area contributed by atoms with Gasteiger partial charge in [0.1, 0.15) is 10.7 Å². The predicted molar refractivity (Wildman–Crippen MR) is 101 cm³/mol. The van der Waals surface area contributed by atoms with Crippen molar-refractivity contribution >= 4 is 67.8 Å². The molecule has 0 N–H and O–H groups in total. The van der Waals surface area contributed by atoms with Gasteiger partial charge in [-0.25, -0.2) is 15.0 Å². The van der Waals surface area contributed by atoms with E-state index >= 15 is 0 Å². The van der Waals surface area contributed by atoms with Crippen molar-refractivity contribution in [3.05, 3.63) is 46.5 Å². The van der Waals surface area contributed by atoms with Crippen LogP contribution in [-0.2, 0) is 17.8 Å². The number of alkyl halides is 6. The van der Waals surface area contributed by atoms with E-state index in [2.05, 4.69) is 15.0 Å². The van der Waals surface area contributed by atoms with Crippen LogP contribution in [0.1, 0.15) is 17.5 Å². The highest BCUT2D eigenvalue weighted by Crippen LogP contribution is 2.46. The van der Waals surface area contributed by atoms with Gasteiger partial charge in [-0.3, -0.25) is 0 Å². The van der Waals surface area contributed by atoms with Gasteiger partial charge in [-0.15, -0.1) is 0 Å². The molecule has 3 nitrogen and oxygen atoms in total. The second-order valence-electron chi connectivity index (χ2n) is 4.75. The van der Waals surface area contributed by atoms with Crippen LogP contribution in [0.25, 0.3) is 0 Å². The molecule has 0 bridgehead atoms. The Bertz CT molecular complexity index is 800. The highest BCUT2D eigenvalue weighted by atomic mass is 127. The Morgan fingerprint density at radius 1 is 0.467 bits per heavy atom. The van der Waals surface area contributed by atoms with Crippen molar-refractivity contribution in [1.29, 1.82) is 0 Å². The Kier molecular flexibility index (Phi) is 8.84. The lowest BCUT2D eigenvalue weighted by Gasteiger charge is -2.21. The van der Waals surface area contributed by atoms with Gasteiger partial charge < -0.3 is 0 Å². The molecule has 0 fully saturated rings. The van der Waals surface area contributed by atoms with Crippen molar-refractivity contribution in [3.63, 3.8) is 0 Å². The van der Waals surface area contributed by atoms with Gasteiger partial charge in [0.25, 0.3) is 18.2 Å². The minimum absolute atomic E-state index is 0.334. The SMILES string of the molecule is FC(F)=C(I)C(F)(F)c1nc(C(F)(F)C(I)=C(F)F)nc(C(F)(F)C(I)=C(F)F)n1. The van der Waals surface area contributed by atoms with Crippen molar-refractivity contribution in [1.82, 2.24) is 15.0 Å². The van der Waals surface area contributed by atoms with Crippen molar-refractivity contribution in [2.75, 3.05) is 0 Å². The number of aromatic nitrogens is 3. The van der Waals surface area contributed by atoms with Crippen molar-refractivity contribution in [2.24, 2.45) is 0 Å². The van der Waals surface area contributed by atoms with Crippen molar-refractivity contribution in [3.8, 4) is 0 Å². The summed E-state index contributed by atoms with van der Waals surface area (Å²) in [7, 11) is 0. The first-order valence-corrected chi connectivity index (χ1v) is 9.66. The lowest BCUT2D eigenvalue weighted by atomic mass is 10.2. The minimum Gasteiger partial charge on any atom is -0.205 e. The van der Waals surface area contributed by atoms with Gasteiger partial charge in [-0.2, -0.15) is 52.7 Å². The molecule has 0 spiro atoms. The van der Waals surface area contributed by atoms with Crippen LogP contribution in [0.2, 0.25) is 0 Å². The van der Waals surface area contributed by atoms with Crippen molar-refractivity contribution in [2.45, 2.75) is 17.8 Å². The van der Waals surface area contributed by atoms with E-state index in [4.69, 9.17) is 0 Å². The topological polar surface area (TPSA) is 38.7 Å². The zero-order valence-electron chi connectivity index (χ0n) is 13.0. The van der Waals surface area contributed by atoms with Crippen LogP contribution in [-0.4, -0.2) is 15.0 Å². The van der Waals surface area contributed by atoms with Gasteiger partial charge in [0.2, 0.25) is 17.5 Å². The molecule has 0 saturated heterocycles. The maximum atomic E-state index is 14.1. The lowest BCUT2D eigenvalue weighted by Crippen LogP contribution is -2.30. The van der Waals surface area contributed by atoms with Gasteiger partial charge in [0.15, 0.2) is 0 Å². The molecule has 168 valence electrons. The third-order valence-corrected chi connectivity index (χ3v) is 6.06. The van der Waals surface area contributed by atoms with E-state index in [1.165, 1.54) is 0 Å². The maximum Gasteiger partial charge on any atom is 0.342 e. The summed E-state index contributed by atoms with van der Waals surface area (Å²) < 4.78 is 154. The number of halogens is 15. The highest BCUT2D eigenvalue weighted by molar-refractivity contribution is 14.1. The van der Waals surface area contributed by atoms with E-state index in [9.17, 15) is 52.7 Å².